The van der Waals surface area contributed by atoms with Gasteiger partial charge in [-0.2, -0.15) is 0 Å². The minimum Gasteiger partial charge on any atom is -0.497 e. The summed E-state index contributed by atoms with van der Waals surface area (Å²) in [4.78, 5) is 0. The SMILES string of the molecule is COC/C=C/[C@H]1CC[C@H](c2ccc(OC)cc2)CC1. The number of rotatable bonds is 5. The molecule has 1 saturated carbocycles. The molecular formula is C17H24O2. The Morgan fingerprint density at radius 2 is 1.74 bits per heavy atom. The van der Waals surface area contributed by atoms with Gasteiger partial charge in [0.1, 0.15) is 5.75 Å². The van der Waals surface area contributed by atoms with Crippen molar-refractivity contribution in [2.45, 2.75) is 31.6 Å². The van der Waals surface area contributed by atoms with Crippen LogP contribution in [0.5, 0.6) is 5.75 Å². The highest BCUT2D eigenvalue weighted by Gasteiger charge is 2.20. The van der Waals surface area contributed by atoms with Gasteiger partial charge in [0.2, 0.25) is 0 Å². The number of hydrogen-bond acceptors (Lipinski definition) is 2. The zero-order valence-electron chi connectivity index (χ0n) is 12.0. The second-order valence-electron chi connectivity index (χ2n) is 5.27. The van der Waals surface area contributed by atoms with E-state index in [1.165, 1.54) is 31.2 Å². The van der Waals surface area contributed by atoms with Crippen molar-refractivity contribution in [1.82, 2.24) is 0 Å². The fourth-order valence-corrected chi connectivity index (χ4v) is 2.87. The maximum absolute atomic E-state index is 5.21. The average molecular weight is 260 g/mol. The Hall–Kier alpha value is -1.28. The lowest BCUT2D eigenvalue weighted by molar-refractivity contribution is 0.233. The minimum absolute atomic E-state index is 0.720. The van der Waals surface area contributed by atoms with Crippen LogP contribution in [0.1, 0.15) is 37.2 Å². The van der Waals surface area contributed by atoms with E-state index in [0.29, 0.717) is 0 Å². The first kappa shape index (κ1) is 14.1. The lowest BCUT2D eigenvalue weighted by atomic mass is 9.78. The molecule has 2 nitrogen and oxygen atoms in total. The van der Waals surface area contributed by atoms with Gasteiger partial charge in [-0.25, -0.2) is 0 Å². The quantitative estimate of drug-likeness (QED) is 0.740. The summed E-state index contributed by atoms with van der Waals surface area (Å²) in [6.07, 6.45) is 9.63. The normalized spacial score (nSPS) is 23.7. The standard InChI is InChI=1S/C17H24O2/c1-18-13-3-4-14-5-7-15(8-6-14)16-9-11-17(19-2)12-10-16/h3-4,9-12,14-15H,5-8,13H2,1-2H3/b4-3+/t14-,15-. The molecule has 19 heavy (non-hydrogen) atoms. The molecule has 1 fully saturated rings. The van der Waals surface area contributed by atoms with Gasteiger partial charge < -0.3 is 9.47 Å². The first-order valence-electron chi connectivity index (χ1n) is 7.13. The van der Waals surface area contributed by atoms with E-state index in [1.807, 2.05) is 0 Å². The third kappa shape index (κ3) is 4.10. The number of benzene rings is 1. The van der Waals surface area contributed by atoms with E-state index in [0.717, 1.165) is 24.2 Å². The molecule has 0 amide bonds. The van der Waals surface area contributed by atoms with Crippen LogP contribution in [0, 0.1) is 5.92 Å². The molecular weight excluding hydrogens is 236 g/mol. The number of ether oxygens (including phenoxy) is 2. The van der Waals surface area contributed by atoms with Gasteiger partial charge in [0.25, 0.3) is 0 Å². The Morgan fingerprint density at radius 1 is 1.05 bits per heavy atom. The third-order valence-electron chi connectivity index (χ3n) is 4.03. The predicted octanol–water partition coefficient (Wildman–Crippen LogP) is 4.17. The lowest BCUT2D eigenvalue weighted by Crippen LogP contribution is -2.11. The van der Waals surface area contributed by atoms with Gasteiger partial charge in [0.05, 0.1) is 13.7 Å². The molecule has 1 aliphatic carbocycles. The molecule has 0 bridgehead atoms. The molecule has 2 rings (SSSR count). The van der Waals surface area contributed by atoms with E-state index < -0.39 is 0 Å². The van der Waals surface area contributed by atoms with E-state index in [4.69, 9.17) is 9.47 Å². The largest absolute Gasteiger partial charge is 0.497 e. The van der Waals surface area contributed by atoms with Crippen LogP contribution in [0.15, 0.2) is 36.4 Å². The van der Waals surface area contributed by atoms with Crippen molar-refractivity contribution < 1.29 is 9.47 Å². The topological polar surface area (TPSA) is 18.5 Å². The Morgan fingerprint density at radius 3 is 2.32 bits per heavy atom. The Labute approximate surface area is 116 Å². The van der Waals surface area contributed by atoms with Crippen molar-refractivity contribution in [3.8, 4) is 5.75 Å². The van der Waals surface area contributed by atoms with Crippen molar-refractivity contribution in [3.05, 3.63) is 42.0 Å². The molecule has 1 aromatic rings. The Balaban J connectivity index is 1.85. The van der Waals surface area contributed by atoms with Crippen LogP contribution in [0.25, 0.3) is 0 Å². The summed E-state index contributed by atoms with van der Waals surface area (Å²) >= 11 is 0. The third-order valence-corrected chi connectivity index (χ3v) is 4.03. The van der Waals surface area contributed by atoms with E-state index in [-0.39, 0.29) is 0 Å². The van der Waals surface area contributed by atoms with Crippen LogP contribution in [0.3, 0.4) is 0 Å². The Kier molecular flexibility index (Phi) is 5.46. The summed E-state index contributed by atoms with van der Waals surface area (Å²) in [6, 6.07) is 8.56. The molecule has 0 aromatic heterocycles. The predicted molar refractivity (Wildman–Crippen MR) is 78.7 cm³/mol. The van der Waals surface area contributed by atoms with Crippen LogP contribution in [0.4, 0.5) is 0 Å². The van der Waals surface area contributed by atoms with Crippen molar-refractivity contribution in [3.63, 3.8) is 0 Å². The number of allylic oxidation sites excluding steroid dienone is 1. The molecule has 1 aliphatic rings. The Bertz CT molecular complexity index is 386. The fraction of sp³-hybridized carbons (Fsp3) is 0.529. The minimum atomic E-state index is 0.720. The van der Waals surface area contributed by atoms with Crippen molar-refractivity contribution >= 4 is 0 Å². The molecule has 0 aliphatic heterocycles. The van der Waals surface area contributed by atoms with Gasteiger partial charge in [-0.1, -0.05) is 24.3 Å². The summed E-state index contributed by atoms with van der Waals surface area (Å²) in [5.41, 5.74) is 1.46. The molecule has 2 heteroatoms. The van der Waals surface area contributed by atoms with Gasteiger partial charge in [-0.3, -0.25) is 0 Å². The summed E-state index contributed by atoms with van der Waals surface area (Å²) in [7, 11) is 3.46. The lowest BCUT2D eigenvalue weighted by Gasteiger charge is -2.27. The van der Waals surface area contributed by atoms with Gasteiger partial charge in [-0.05, 0) is 55.2 Å². The van der Waals surface area contributed by atoms with Crippen LogP contribution >= 0.6 is 0 Å². The maximum atomic E-state index is 5.21. The van der Waals surface area contributed by atoms with Gasteiger partial charge in [0.15, 0.2) is 0 Å². The van der Waals surface area contributed by atoms with E-state index in [9.17, 15) is 0 Å². The van der Waals surface area contributed by atoms with Crippen molar-refractivity contribution in [2.24, 2.45) is 5.92 Å². The summed E-state index contributed by atoms with van der Waals surface area (Å²) in [6.45, 7) is 0.735. The van der Waals surface area contributed by atoms with E-state index >= 15 is 0 Å². The van der Waals surface area contributed by atoms with Crippen LogP contribution in [-0.2, 0) is 4.74 Å². The zero-order valence-corrected chi connectivity index (χ0v) is 12.0. The molecule has 0 atom stereocenters. The number of hydrogen-bond donors (Lipinski definition) is 0. The molecule has 0 heterocycles. The smallest absolute Gasteiger partial charge is 0.118 e. The zero-order chi connectivity index (χ0) is 13.5. The maximum Gasteiger partial charge on any atom is 0.118 e. The second-order valence-corrected chi connectivity index (χ2v) is 5.27. The van der Waals surface area contributed by atoms with Gasteiger partial charge in [0, 0.05) is 7.11 Å². The van der Waals surface area contributed by atoms with Crippen LogP contribution < -0.4 is 4.74 Å². The van der Waals surface area contributed by atoms with Crippen molar-refractivity contribution in [1.29, 1.82) is 0 Å². The molecule has 0 saturated heterocycles. The van der Waals surface area contributed by atoms with Crippen LogP contribution in [0.2, 0.25) is 0 Å². The highest BCUT2D eigenvalue weighted by molar-refractivity contribution is 5.29. The molecule has 0 unspecified atom stereocenters. The van der Waals surface area contributed by atoms with E-state index in [2.05, 4.69) is 36.4 Å². The molecule has 104 valence electrons. The highest BCUT2D eigenvalue weighted by Crippen LogP contribution is 2.36. The highest BCUT2D eigenvalue weighted by atomic mass is 16.5. The van der Waals surface area contributed by atoms with Crippen molar-refractivity contribution in [2.75, 3.05) is 20.8 Å². The molecule has 0 spiro atoms. The first-order chi connectivity index (χ1) is 9.33. The fourth-order valence-electron chi connectivity index (χ4n) is 2.87. The van der Waals surface area contributed by atoms with E-state index in [1.54, 1.807) is 14.2 Å². The monoisotopic (exact) mass is 260 g/mol. The number of methoxy groups -OCH3 is 2. The summed E-state index contributed by atoms with van der Waals surface area (Å²) in [5.74, 6) is 2.41. The average Bonchev–Trinajstić information content (AvgIpc) is 2.48. The first-order valence-corrected chi connectivity index (χ1v) is 7.13. The second kappa shape index (κ2) is 7.34. The van der Waals surface area contributed by atoms with Gasteiger partial charge in [-0.15, -0.1) is 0 Å². The molecule has 0 N–H and O–H groups in total. The molecule has 1 aromatic carbocycles. The summed E-state index contributed by atoms with van der Waals surface area (Å²) < 4.78 is 10.3. The van der Waals surface area contributed by atoms with Gasteiger partial charge >= 0.3 is 0 Å². The molecule has 0 radical (unpaired) electrons. The summed E-state index contributed by atoms with van der Waals surface area (Å²) in [5, 5.41) is 0. The van der Waals surface area contributed by atoms with Crippen LogP contribution in [-0.4, -0.2) is 20.8 Å².